The number of carbonyl (C=O) groups excluding carboxylic acids is 1. The van der Waals surface area contributed by atoms with Crippen LogP contribution < -0.4 is 15.8 Å². The van der Waals surface area contributed by atoms with E-state index < -0.39 is 6.04 Å². The zero-order valence-electron chi connectivity index (χ0n) is 13.0. The third-order valence-electron chi connectivity index (χ3n) is 3.45. The summed E-state index contributed by atoms with van der Waals surface area (Å²) < 4.78 is 5.80. The lowest BCUT2D eigenvalue weighted by Gasteiger charge is -2.12. The fourth-order valence-electron chi connectivity index (χ4n) is 1.99. The Bertz CT molecular complexity index is 623. The first-order valence-electron chi connectivity index (χ1n) is 7.55. The van der Waals surface area contributed by atoms with Crippen molar-refractivity contribution in [3.8, 4) is 11.5 Å². The normalized spacial score (nSPS) is 11.8. The second-order valence-corrected chi connectivity index (χ2v) is 5.13. The molecule has 2 aromatic rings. The van der Waals surface area contributed by atoms with Crippen molar-refractivity contribution < 1.29 is 9.53 Å². The molecule has 0 aliphatic heterocycles. The second kappa shape index (κ2) is 7.61. The Morgan fingerprint density at radius 3 is 2.50 bits per heavy atom. The number of nitrogens with one attached hydrogen (secondary N) is 1. The Hall–Kier alpha value is -2.33. The Morgan fingerprint density at radius 1 is 1.14 bits per heavy atom. The minimum absolute atomic E-state index is 0.188. The molecule has 0 aliphatic carbocycles. The number of anilines is 1. The van der Waals surface area contributed by atoms with Crippen LogP contribution in [0.4, 0.5) is 5.69 Å². The van der Waals surface area contributed by atoms with Crippen LogP contribution in [-0.4, -0.2) is 11.9 Å². The standard InChI is InChI=1S/C18H22N2O2/c1-3-13-8-10-15(11-9-13)22-16-7-5-6-14(12-16)20-18(21)17(19)4-2/h5-12,17H,3-4,19H2,1-2H3,(H,20,21). The van der Waals surface area contributed by atoms with E-state index in [4.69, 9.17) is 10.5 Å². The van der Waals surface area contributed by atoms with E-state index in [0.29, 0.717) is 17.9 Å². The van der Waals surface area contributed by atoms with E-state index in [0.717, 1.165) is 12.2 Å². The molecular weight excluding hydrogens is 276 g/mol. The van der Waals surface area contributed by atoms with Crippen molar-refractivity contribution in [2.45, 2.75) is 32.7 Å². The summed E-state index contributed by atoms with van der Waals surface area (Å²) in [6, 6.07) is 14.8. The molecule has 2 aromatic carbocycles. The molecule has 4 nitrogen and oxygen atoms in total. The summed E-state index contributed by atoms with van der Waals surface area (Å²) >= 11 is 0. The Kier molecular flexibility index (Phi) is 5.55. The van der Waals surface area contributed by atoms with Gasteiger partial charge in [0.1, 0.15) is 11.5 Å². The van der Waals surface area contributed by atoms with Crippen molar-refractivity contribution >= 4 is 11.6 Å². The molecule has 0 fully saturated rings. The van der Waals surface area contributed by atoms with Gasteiger partial charge in [-0.3, -0.25) is 4.79 Å². The van der Waals surface area contributed by atoms with E-state index in [2.05, 4.69) is 12.2 Å². The van der Waals surface area contributed by atoms with Gasteiger partial charge in [0.25, 0.3) is 0 Å². The summed E-state index contributed by atoms with van der Waals surface area (Å²) in [7, 11) is 0. The lowest BCUT2D eigenvalue weighted by atomic mass is 10.2. The number of aryl methyl sites for hydroxylation is 1. The number of carbonyl (C=O) groups is 1. The van der Waals surface area contributed by atoms with E-state index >= 15 is 0 Å². The van der Waals surface area contributed by atoms with Crippen LogP contribution in [0.15, 0.2) is 48.5 Å². The van der Waals surface area contributed by atoms with E-state index in [-0.39, 0.29) is 5.91 Å². The highest BCUT2D eigenvalue weighted by Crippen LogP contribution is 2.24. The lowest BCUT2D eigenvalue weighted by molar-refractivity contribution is -0.117. The Labute approximate surface area is 131 Å². The monoisotopic (exact) mass is 298 g/mol. The van der Waals surface area contributed by atoms with Crippen LogP contribution in [0.5, 0.6) is 11.5 Å². The van der Waals surface area contributed by atoms with Crippen LogP contribution in [0, 0.1) is 0 Å². The van der Waals surface area contributed by atoms with E-state index in [1.165, 1.54) is 5.56 Å². The van der Waals surface area contributed by atoms with Crippen molar-refractivity contribution in [2.24, 2.45) is 5.73 Å². The highest BCUT2D eigenvalue weighted by Gasteiger charge is 2.11. The van der Waals surface area contributed by atoms with Gasteiger partial charge in [-0.25, -0.2) is 0 Å². The van der Waals surface area contributed by atoms with Gasteiger partial charge in [-0.05, 0) is 42.7 Å². The largest absolute Gasteiger partial charge is 0.457 e. The SMILES string of the molecule is CCc1ccc(Oc2cccc(NC(=O)C(N)CC)c2)cc1. The van der Waals surface area contributed by atoms with Crippen molar-refractivity contribution in [1.29, 1.82) is 0 Å². The molecule has 0 saturated heterocycles. The van der Waals surface area contributed by atoms with Gasteiger partial charge in [0.05, 0.1) is 6.04 Å². The summed E-state index contributed by atoms with van der Waals surface area (Å²) in [5, 5.41) is 2.79. The summed E-state index contributed by atoms with van der Waals surface area (Å²) in [5.41, 5.74) is 7.65. The highest BCUT2D eigenvalue weighted by molar-refractivity contribution is 5.94. The minimum Gasteiger partial charge on any atom is -0.457 e. The van der Waals surface area contributed by atoms with Crippen LogP contribution in [0.1, 0.15) is 25.8 Å². The molecule has 0 heterocycles. The Morgan fingerprint density at radius 2 is 1.86 bits per heavy atom. The van der Waals surface area contributed by atoms with E-state index in [9.17, 15) is 4.79 Å². The van der Waals surface area contributed by atoms with Crippen molar-refractivity contribution in [1.82, 2.24) is 0 Å². The third-order valence-corrected chi connectivity index (χ3v) is 3.45. The molecule has 116 valence electrons. The van der Waals surface area contributed by atoms with Crippen molar-refractivity contribution in [3.05, 3.63) is 54.1 Å². The average Bonchev–Trinajstić information content (AvgIpc) is 2.55. The molecule has 0 spiro atoms. The van der Waals surface area contributed by atoms with Crippen LogP contribution in [0.3, 0.4) is 0 Å². The number of amides is 1. The molecule has 1 amide bonds. The van der Waals surface area contributed by atoms with Crippen LogP contribution in [0.2, 0.25) is 0 Å². The molecule has 1 atom stereocenters. The molecule has 0 radical (unpaired) electrons. The molecule has 0 aliphatic rings. The van der Waals surface area contributed by atoms with Crippen molar-refractivity contribution in [2.75, 3.05) is 5.32 Å². The van der Waals surface area contributed by atoms with E-state index in [1.54, 1.807) is 6.07 Å². The molecule has 0 aromatic heterocycles. The average molecular weight is 298 g/mol. The lowest BCUT2D eigenvalue weighted by Crippen LogP contribution is -2.34. The zero-order valence-corrected chi connectivity index (χ0v) is 13.0. The molecule has 1 unspecified atom stereocenters. The van der Waals surface area contributed by atoms with Gasteiger partial charge in [-0.15, -0.1) is 0 Å². The summed E-state index contributed by atoms with van der Waals surface area (Å²) in [6.45, 7) is 3.99. The van der Waals surface area contributed by atoms with Gasteiger partial charge in [-0.2, -0.15) is 0 Å². The zero-order chi connectivity index (χ0) is 15.9. The number of ether oxygens (including phenoxy) is 1. The van der Waals surface area contributed by atoms with Crippen LogP contribution in [-0.2, 0) is 11.2 Å². The van der Waals surface area contributed by atoms with Gasteiger partial charge in [0, 0.05) is 11.8 Å². The van der Waals surface area contributed by atoms with Gasteiger partial charge < -0.3 is 15.8 Å². The first-order valence-corrected chi connectivity index (χ1v) is 7.55. The maximum absolute atomic E-state index is 11.8. The number of hydrogen-bond donors (Lipinski definition) is 2. The third kappa shape index (κ3) is 4.33. The fraction of sp³-hybridized carbons (Fsp3) is 0.278. The van der Waals surface area contributed by atoms with Gasteiger partial charge in [0.15, 0.2) is 0 Å². The molecule has 22 heavy (non-hydrogen) atoms. The van der Waals surface area contributed by atoms with Gasteiger partial charge in [0.2, 0.25) is 5.91 Å². The first kappa shape index (κ1) is 16.0. The smallest absolute Gasteiger partial charge is 0.241 e. The predicted octanol–water partition coefficient (Wildman–Crippen LogP) is 3.72. The van der Waals surface area contributed by atoms with Gasteiger partial charge >= 0.3 is 0 Å². The number of hydrogen-bond acceptors (Lipinski definition) is 3. The van der Waals surface area contributed by atoms with Crippen LogP contribution in [0.25, 0.3) is 0 Å². The maximum Gasteiger partial charge on any atom is 0.241 e. The molecule has 0 saturated carbocycles. The van der Waals surface area contributed by atoms with Crippen molar-refractivity contribution in [3.63, 3.8) is 0 Å². The predicted molar refractivity (Wildman–Crippen MR) is 89.2 cm³/mol. The van der Waals surface area contributed by atoms with Gasteiger partial charge in [-0.1, -0.05) is 32.0 Å². The summed E-state index contributed by atoms with van der Waals surface area (Å²) in [6.07, 6.45) is 1.60. The van der Waals surface area contributed by atoms with E-state index in [1.807, 2.05) is 49.4 Å². The number of benzene rings is 2. The Balaban J connectivity index is 2.05. The minimum atomic E-state index is -0.494. The quantitative estimate of drug-likeness (QED) is 0.854. The fourth-order valence-corrected chi connectivity index (χ4v) is 1.99. The molecular formula is C18H22N2O2. The number of nitrogens with two attached hydrogens (primary N) is 1. The second-order valence-electron chi connectivity index (χ2n) is 5.13. The summed E-state index contributed by atoms with van der Waals surface area (Å²) in [5.74, 6) is 1.25. The molecule has 3 N–H and O–H groups in total. The topological polar surface area (TPSA) is 64.3 Å². The highest BCUT2D eigenvalue weighted by atomic mass is 16.5. The van der Waals surface area contributed by atoms with Crippen LogP contribution >= 0.6 is 0 Å². The summed E-state index contributed by atoms with van der Waals surface area (Å²) in [4.78, 5) is 11.8. The number of rotatable bonds is 6. The first-order chi connectivity index (χ1) is 10.6. The molecule has 0 bridgehead atoms. The molecule has 4 heteroatoms. The maximum atomic E-state index is 11.8. The molecule has 2 rings (SSSR count).